The van der Waals surface area contributed by atoms with E-state index >= 15 is 0 Å². The Hall–Kier alpha value is -2.82. The molecule has 1 fully saturated rings. The smallest absolute Gasteiger partial charge is 0.252 e. The molecule has 1 aliphatic rings. The topological polar surface area (TPSA) is 81.4 Å². The Labute approximate surface area is 166 Å². The van der Waals surface area contributed by atoms with Crippen LogP contribution in [0.2, 0.25) is 0 Å². The average Bonchev–Trinajstić information content (AvgIpc) is 3.23. The highest BCUT2D eigenvalue weighted by Gasteiger charge is 2.14. The van der Waals surface area contributed by atoms with Crippen LogP contribution in [0.5, 0.6) is 5.75 Å². The first-order chi connectivity index (χ1) is 13.6. The van der Waals surface area contributed by atoms with Gasteiger partial charge < -0.3 is 15.8 Å². The second-order valence-electron chi connectivity index (χ2n) is 7.40. The Morgan fingerprint density at radius 1 is 1.07 bits per heavy atom. The maximum Gasteiger partial charge on any atom is 0.252 e. The molecule has 3 N–H and O–H groups in total. The van der Waals surface area contributed by atoms with E-state index in [-0.39, 0.29) is 12.5 Å². The number of hydrogen-bond donors (Lipinski definition) is 2. The van der Waals surface area contributed by atoms with E-state index in [2.05, 4.69) is 5.32 Å². The van der Waals surface area contributed by atoms with Gasteiger partial charge in [-0.15, -0.1) is 0 Å². The minimum absolute atomic E-state index is 0.0641. The number of hydrogen-bond acceptors (Lipinski definition) is 3. The van der Waals surface area contributed by atoms with Crippen LogP contribution in [0.15, 0.2) is 48.5 Å². The molecule has 0 spiro atoms. The van der Waals surface area contributed by atoms with Gasteiger partial charge in [-0.05, 0) is 48.6 Å². The number of nitrogens with one attached hydrogen (secondary N) is 1. The molecule has 0 saturated heterocycles. The fraction of sp³-hybridized carbons (Fsp3) is 0.391. The molecule has 1 aliphatic carbocycles. The lowest BCUT2D eigenvalue weighted by molar-refractivity contribution is 0.0951. The van der Waals surface area contributed by atoms with Gasteiger partial charge in [-0.2, -0.15) is 0 Å². The quantitative estimate of drug-likeness (QED) is 0.644. The van der Waals surface area contributed by atoms with E-state index in [9.17, 15) is 9.59 Å². The molecular weight excluding hydrogens is 352 g/mol. The van der Waals surface area contributed by atoms with Crippen molar-refractivity contribution in [3.8, 4) is 5.75 Å². The summed E-state index contributed by atoms with van der Waals surface area (Å²) < 4.78 is 5.74. The van der Waals surface area contributed by atoms with Crippen molar-refractivity contribution in [3.05, 3.63) is 65.2 Å². The van der Waals surface area contributed by atoms with E-state index in [1.165, 1.54) is 32.1 Å². The van der Waals surface area contributed by atoms with E-state index in [1.54, 1.807) is 30.3 Å². The zero-order valence-corrected chi connectivity index (χ0v) is 16.2. The van der Waals surface area contributed by atoms with Gasteiger partial charge >= 0.3 is 0 Å². The first-order valence-corrected chi connectivity index (χ1v) is 10.0. The van der Waals surface area contributed by atoms with Crippen molar-refractivity contribution in [2.24, 2.45) is 11.7 Å². The SMILES string of the molecule is NC(=O)c1ccccc1OCc1cccc(C(=O)NCCCC2CCCC2)c1. The van der Waals surface area contributed by atoms with Gasteiger partial charge in [0.05, 0.1) is 5.56 Å². The predicted octanol–water partition coefficient (Wildman–Crippen LogP) is 4.06. The summed E-state index contributed by atoms with van der Waals surface area (Å²) in [6.45, 7) is 0.967. The maximum atomic E-state index is 12.4. The van der Waals surface area contributed by atoms with E-state index in [4.69, 9.17) is 10.5 Å². The normalized spacial score (nSPS) is 14.0. The van der Waals surface area contributed by atoms with Crippen molar-refractivity contribution in [2.45, 2.75) is 45.1 Å². The Kier molecular flexibility index (Phi) is 7.06. The number of carbonyl (C=O) groups excluding carboxylic acids is 2. The minimum atomic E-state index is -0.527. The number of benzene rings is 2. The fourth-order valence-electron chi connectivity index (χ4n) is 3.75. The molecule has 0 aliphatic heterocycles. The average molecular weight is 380 g/mol. The van der Waals surface area contributed by atoms with Crippen LogP contribution in [0.25, 0.3) is 0 Å². The van der Waals surface area contributed by atoms with E-state index in [1.807, 2.05) is 18.2 Å². The lowest BCUT2D eigenvalue weighted by Gasteiger charge is -2.11. The third-order valence-corrected chi connectivity index (χ3v) is 5.29. The maximum absolute atomic E-state index is 12.4. The molecule has 148 valence electrons. The van der Waals surface area contributed by atoms with Crippen molar-refractivity contribution < 1.29 is 14.3 Å². The van der Waals surface area contributed by atoms with Gasteiger partial charge in [0.1, 0.15) is 12.4 Å². The molecule has 0 aromatic heterocycles. The van der Waals surface area contributed by atoms with Gasteiger partial charge in [0.2, 0.25) is 0 Å². The molecule has 28 heavy (non-hydrogen) atoms. The molecule has 2 aromatic rings. The Bertz CT molecular complexity index is 813. The summed E-state index contributed by atoms with van der Waals surface area (Å²) in [5.74, 6) is 0.699. The molecule has 2 aromatic carbocycles. The molecule has 0 atom stereocenters. The number of amides is 2. The van der Waals surface area contributed by atoms with Crippen LogP contribution in [-0.4, -0.2) is 18.4 Å². The first-order valence-electron chi connectivity index (χ1n) is 10.0. The number of ether oxygens (including phenoxy) is 1. The third kappa shape index (κ3) is 5.59. The standard InChI is InChI=1S/C23H28N2O3/c24-22(26)20-12-3-4-13-21(20)28-16-18-9-5-11-19(15-18)23(27)25-14-6-10-17-7-1-2-8-17/h3-5,9,11-13,15,17H,1-2,6-8,10,14,16H2,(H2,24,26)(H,25,27). The Morgan fingerprint density at radius 3 is 2.64 bits per heavy atom. The summed E-state index contributed by atoms with van der Waals surface area (Å²) in [6.07, 6.45) is 7.63. The van der Waals surface area contributed by atoms with E-state index in [0.29, 0.717) is 23.4 Å². The molecule has 5 heteroatoms. The summed E-state index contributed by atoms with van der Waals surface area (Å²) in [6, 6.07) is 14.2. The third-order valence-electron chi connectivity index (χ3n) is 5.29. The monoisotopic (exact) mass is 380 g/mol. The molecule has 0 radical (unpaired) electrons. The summed E-state index contributed by atoms with van der Waals surface area (Å²) in [5, 5.41) is 3.01. The summed E-state index contributed by atoms with van der Waals surface area (Å²) in [4.78, 5) is 23.9. The zero-order chi connectivity index (χ0) is 19.8. The molecule has 2 amide bonds. The van der Waals surface area contributed by atoms with Gasteiger partial charge in [0.25, 0.3) is 11.8 Å². The van der Waals surface area contributed by atoms with Crippen LogP contribution in [0.4, 0.5) is 0 Å². The second kappa shape index (κ2) is 9.93. The zero-order valence-electron chi connectivity index (χ0n) is 16.2. The fourth-order valence-corrected chi connectivity index (χ4v) is 3.75. The van der Waals surface area contributed by atoms with Gasteiger partial charge in [-0.1, -0.05) is 49.9 Å². The Balaban J connectivity index is 1.50. The molecule has 0 heterocycles. The number of carbonyl (C=O) groups is 2. The highest BCUT2D eigenvalue weighted by Crippen LogP contribution is 2.28. The van der Waals surface area contributed by atoms with Crippen molar-refractivity contribution >= 4 is 11.8 Å². The van der Waals surface area contributed by atoms with Crippen LogP contribution in [-0.2, 0) is 6.61 Å². The van der Waals surface area contributed by atoms with Gasteiger partial charge in [-0.3, -0.25) is 9.59 Å². The molecule has 0 bridgehead atoms. The summed E-state index contributed by atoms with van der Waals surface area (Å²) >= 11 is 0. The highest BCUT2D eigenvalue weighted by molar-refractivity contribution is 5.95. The number of primary amides is 1. The van der Waals surface area contributed by atoms with Crippen molar-refractivity contribution in [1.29, 1.82) is 0 Å². The van der Waals surface area contributed by atoms with Crippen LogP contribution in [0, 0.1) is 5.92 Å². The van der Waals surface area contributed by atoms with Crippen LogP contribution in [0.3, 0.4) is 0 Å². The molecule has 1 saturated carbocycles. The van der Waals surface area contributed by atoms with Crippen molar-refractivity contribution in [2.75, 3.05) is 6.54 Å². The second-order valence-corrected chi connectivity index (χ2v) is 7.40. The lowest BCUT2D eigenvalue weighted by atomic mass is 10.0. The molecule has 0 unspecified atom stereocenters. The van der Waals surface area contributed by atoms with Gasteiger partial charge in [0.15, 0.2) is 0 Å². The summed E-state index contributed by atoms with van der Waals surface area (Å²) in [5.41, 5.74) is 7.19. The van der Waals surface area contributed by atoms with Crippen LogP contribution in [0.1, 0.15) is 64.8 Å². The van der Waals surface area contributed by atoms with Gasteiger partial charge in [-0.25, -0.2) is 0 Å². The number of para-hydroxylation sites is 1. The predicted molar refractivity (Wildman–Crippen MR) is 109 cm³/mol. The van der Waals surface area contributed by atoms with Crippen molar-refractivity contribution in [1.82, 2.24) is 5.32 Å². The van der Waals surface area contributed by atoms with Gasteiger partial charge in [0, 0.05) is 12.1 Å². The first kappa shape index (κ1) is 19.9. The Morgan fingerprint density at radius 2 is 1.86 bits per heavy atom. The molecule has 3 rings (SSSR count). The van der Waals surface area contributed by atoms with Crippen LogP contribution < -0.4 is 15.8 Å². The molecule has 5 nitrogen and oxygen atoms in total. The molecular formula is C23H28N2O3. The lowest BCUT2D eigenvalue weighted by Crippen LogP contribution is -2.24. The number of rotatable bonds is 9. The van der Waals surface area contributed by atoms with Crippen LogP contribution >= 0.6 is 0 Å². The largest absolute Gasteiger partial charge is 0.488 e. The highest BCUT2D eigenvalue weighted by atomic mass is 16.5. The van der Waals surface area contributed by atoms with Crippen molar-refractivity contribution in [3.63, 3.8) is 0 Å². The summed E-state index contributed by atoms with van der Waals surface area (Å²) in [7, 11) is 0. The van der Waals surface area contributed by atoms with E-state index in [0.717, 1.165) is 17.9 Å². The minimum Gasteiger partial charge on any atom is -0.488 e. The van der Waals surface area contributed by atoms with E-state index < -0.39 is 5.91 Å². The number of nitrogens with two attached hydrogens (primary N) is 1.